The summed E-state index contributed by atoms with van der Waals surface area (Å²) in [6.07, 6.45) is 1.25. The van der Waals surface area contributed by atoms with Crippen molar-refractivity contribution in [2.75, 3.05) is 6.54 Å². The van der Waals surface area contributed by atoms with Crippen LogP contribution in [0.5, 0.6) is 5.88 Å². The molecule has 0 radical (unpaired) electrons. The predicted octanol–water partition coefficient (Wildman–Crippen LogP) is 3.92. The Morgan fingerprint density at radius 2 is 1.85 bits per heavy atom. The zero-order chi connectivity index (χ0) is 39.9. The number of allylic oxidation sites excluding steroid dienone is 1. The van der Waals surface area contributed by atoms with E-state index in [9.17, 15) is 40.8 Å². The summed E-state index contributed by atoms with van der Waals surface area (Å²) in [7, 11) is -3.99. The topological polar surface area (TPSA) is 199 Å². The van der Waals surface area contributed by atoms with E-state index in [1.54, 1.807) is 26.8 Å². The minimum atomic E-state index is -5.00. The van der Waals surface area contributed by atoms with Crippen molar-refractivity contribution in [3.05, 3.63) is 36.2 Å². The Balaban J connectivity index is 1.37. The second-order valence-electron chi connectivity index (χ2n) is 15.7. The molecule has 2 aliphatic heterocycles. The van der Waals surface area contributed by atoms with E-state index >= 15 is 0 Å². The third-order valence-corrected chi connectivity index (χ3v) is 12.1. The average Bonchev–Trinajstić information content (AvgIpc) is 4.02. The largest absolute Gasteiger partial charge is 0.471 e. The summed E-state index contributed by atoms with van der Waals surface area (Å²) in [5, 5.41) is 4.71. The van der Waals surface area contributed by atoms with E-state index in [4.69, 9.17) is 9.47 Å². The van der Waals surface area contributed by atoms with Gasteiger partial charge in [-0.3, -0.25) is 19.1 Å². The summed E-state index contributed by atoms with van der Waals surface area (Å²) in [4.78, 5) is 68.6. The van der Waals surface area contributed by atoms with Crippen molar-refractivity contribution in [3.63, 3.8) is 0 Å². The van der Waals surface area contributed by atoms with E-state index < -0.39 is 105 Å². The summed E-state index contributed by atoms with van der Waals surface area (Å²) in [6.45, 7) is 6.43. The second-order valence-corrected chi connectivity index (χ2v) is 17.6. The fourth-order valence-corrected chi connectivity index (χ4v) is 8.54. The molecule has 2 aromatic rings. The third-order valence-electron chi connectivity index (χ3n) is 10.3. The number of alkyl halides is 3. The van der Waals surface area contributed by atoms with Gasteiger partial charge in [-0.25, -0.2) is 28.2 Å². The van der Waals surface area contributed by atoms with Crippen LogP contribution in [0.2, 0.25) is 0 Å². The fourth-order valence-electron chi connectivity index (χ4n) is 7.17. The van der Waals surface area contributed by atoms with Crippen molar-refractivity contribution in [1.29, 1.82) is 0 Å². The van der Waals surface area contributed by atoms with E-state index in [2.05, 4.69) is 30.3 Å². The van der Waals surface area contributed by atoms with Crippen molar-refractivity contribution in [2.45, 2.75) is 126 Å². The molecule has 6 atom stereocenters. The van der Waals surface area contributed by atoms with Crippen LogP contribution in [0.15, 0.2) is 30.5 Å². The number of amides is 4. The number of hydrogen-bond acceptors (Lipinski definition) is 11. The van der Waals surface area contributed by atoms with E-state index in [0.717, 1.165) is 4.90 Å². The maximum Gasteiger partial charge on any atom is 0.438 e. The zero-order valence-corrected chi connectivity index (χ0v) is 31.8. The molecule has 2 aliphatic carbocycles. The number of aromatic nitrogens is 3. The first-order valence-electron chi connectivity index (χ1n) is 18.5. The number of carbonyl (C=O) groups excluding carboxylic acids is 4. The highest BCUT2D eigenvalue weighted by atomic mass is 32.2. The lowest BCUT2D eigenvalue weighted by Crippen LogP contribution is -2.59. The summed E-state index contributed by atoms with van der Waals surface area (Å²) >= 11 is 0. The van der Waals surface area contributed by atoms with Gasteiger partial charge < -0.3 is 25.0 Å². The molecule has 0 spiro atoms. The van der Waals surface area contributed by atoms with Crippen LogP contribution in [0.1, 0.15) is 91.2 Å². The smallest absolute Gasteiger partial charge is 0.438 e. The number of halogens is 3. The highest BCUT2D eigenvalue weighted by Gasteiger charge is 2.62. The molecule has 3 fully saturated rings. The predicted molar refractivity (Wildman–Crippen MR) is 190 cm³/mol. The molecule has 19 heteroatoms. The Hall–Kier alpha value is -4.55. The summed E-state index contributed by atoms with van der Waals surface area (Å²) < 4.78 is 81.9. The second kappa shape index (κ2) is 15.2. The van der Waals surface area contributed by atoms with Crippen molar-refractivity contribution in [3.8, 4) is 5.88 Å². The van der Waals surface area contributed by atoms with Gasteiger partial charge in [-0.05, 0) is 77.3 Å². The number of nitrogens with zero attached hydrogens (tertiary/aromatic N) is 4. The molecular weight excluding hydrogens is 747 g/mol. The van der Waals surface area contributed by atoms with Gasteiger partial charge in [0.1, 0.15) is 34.8 Å². The normalized spacial score (nSPS) is 28.5. The Morgan fingerprint density at radius 3 is 2.53 bits per heavy atom. The number of hydrogen-bond donors (Lipinski definition) is 3. The van der Waals surface area contributed by atoms with Gasteiger partial charge in [0.05, 0.1) is 11.8 Å². The van der Waals surface area contributed by atoms with Gasteiger partial charge in [0, 0.05) is 18.5 Å². The Bertz CT molecular complexity index is 1970. The molecule has 6 rings (SSSR count). The van der Waals surface area contributed by atoms with Crippen LogP contribution in [0.3, 0.4) is 0 Å². The molecule has 4 aliphatic rings. The van der Waals surface area contributed by atoms with Gasteiger partial charge in [0.15, 0.2) is 5.65 Å². The first-order valence-corrected chi connectivity index (χ1v) is 20.1. The van der Waals surface area contributed by atoms with Gasteiger partial charge in [-0.2, -0.15) is 13.2 Å². The number of carbonyl (C=O) groups is 4. The third kappa shape index (κ3) is 9.13. The molecule has 0 unspecified atom stereocenters. The molecule has 0 bridgehead atoms. The van der Waals surface area contributed by atoms with Crippen molar-refractivity contribution in [1.82, 2.24) is 35.2 Å². The fraction of sp³-hybridized carbons (Fsp3) is 0.639. The first kappa shape index (κ1) is 40.1. The van der Waals surface area contributed by atoms with Crippen molar-refractivity contribution >= 4 is 45.0 Å². The number of fused-ring (bicyclic) bond motifs is 3. The van der Waals surface area contributed by atoms with Crippen LogP contribution >= 0.6 is 0 Å². The molecule has 2 aromatic heterocycles. The molecule has 1 saturated heterocycles. The number of ether oxygens (including phenoxy) is 2. The van der Waals surface area contributed by atoms with Crippen LogP contribution in [-0.4, -0.2) is 93.2 Å². The Labute approximate surface area is 316 Å². The van der Waals surface area contributed by atoms with Gasteiger partial charge in [0.2, 0.25) is 33.4 Å². The van der Waals surface area contributed by atoms with Crippen LogP contribution in [0, 0.1) is 11.8 Å². The van der Waals surface area contributed by atoms with Gasteiger partial charge in [0.25, 0.3) is 5.91 Å². The quantitative estimate of drug-likeness (QED) is 0.344. The minimum Gasteiger partial charge on any atom is -0.471 e. The Kier molecular flexibility index (Phi) is 11.1. The van der Waals surface area contributed by atoms with E-state index in [1.165, 1.54) is 18.3 Å². The maximum absolute atomic E-state index is 14.7. The SMILES string of the molecule is CC[C@@H]1CCCC/C=C\[C@@H]2C[C@@]2(C(=O)NS(=O)(=O)C2CC2)NC(=O)[C@@H]2C[C@@H](Oc3nc4cccnc4nc3C(F)(F)F)CN2C(=O)[C@H]1NC(=O)OC(C)(C)C. The lowest BCUT2D eigenvalue weighted by Gasteiger charge is -2.33. The Morgan fingerprint density at radius 1 is 1.11 bits per heavy atom. The molecule has 15 nitrogen and oxygen atoms in total. The molecular formula is C36H46F3N7O8S. The van der Waals surface area contributed by atoms with E-state index in [0.29, 0.717) is 44.9 Å². The lowest BCUT2D eigenvalue weighted by atomic mass is 9.89. The molecule has 4 heterocycles. The van der Waals surface area contributed by atoms with Crippen LogP contribution in [0.25, 0.3) is 11.2 Å². The number of alkyl carbamates (subject to hydrolysis) is 1. The van der Waals surface area contributed by atoms with Crippen LogP contribution in [-0.2, 0) is 35.3 Å². The van der Waals surface area contributed by atoms with Gasteiger partial charge in [-0.15, -0.1) is 0 Å². The van der Waals surface area contributed by atoms with Gasteiger partial charge in [-0.1, -0.05) is 31.9 Å². The van der Waals surface area contributed by atoms with Crippen molar-refractivity contribution < 1.29 is 50.2 Å². The van der Waals surface area contributed by atoms with Crippen LogP contribution < -0.4 is 20.1 Å². The molecule has 3 N–H and O–H groups in total. The molecule has 4 amide bonds. The number of pyridine rings is 1. The first-order chi connectivity index (χ1) is 25.8. The number of rotatable bonds is 7. The van der Waals surface area contributed by atoms with E-state index in [1.807, 2.05) is 13.0 Å². The summed E-state index contributed by atoms with van der Waals surface area (Å²) in [6, 6.07) is 0.251. The van der Waals surface area contributed by atoms with Gasteiger partial charge >= 0.3 is 12.3 Å². The molecule has 300 valence electrons. The summed E-state index contributed by atoms with van der Waals surface area (Å²) in [5.74, 6) is -4.33. The van der Waals surface area contributed by atoms with Crippen molar-refractivity contribution in [2.24, 2.45) is 11.8 Å². The summed E-state index contributed by atoms with van der Waals surface area (Å²) in [5.41, 5.74) is -4.27. The number of sulfonamides is 1. The monoisotopic (exact) mass is 793 g/mol. The average molecular weight is 794 g/mol. The lowest BCUT2D eigenvalue weighted by molar-refractivity contribution is -0.143. The highest BCUT2D eigenvalue weighted by molar-refractivity contribution is 7.91. The van der Waals surface area contributed by atoms with Crippen LogP contribution in [0.4, 0.5) is 18.0 Å². The standard InChI is InChI=1S/C36H46F3N7O8S/c1-5-20-11-8-6-7-9-12-21-18-35(21,32(49)45-55(51,52)23-14-15-23)44-29(47)25-17-22(19-46(25)31(48)26(20)42-33(50)54-34(2,3)4)53-30-27(36(37,38)39)43-28-24(41-30)13-10-16-40-28/h9-10,12-13,16,20-23,25-26H,5-8,11,14-15,17-19H2,1-4H3,(H,42,50)(H,44,47)(H,45,49)/b12-9-/t20-,21-,22-,25+,26+,35-/m1/s1. The maximum atomic E-state index is 14.7. The highest BCUT2D eigenvalue weighted by Crippen LogP contribution is 2.46. The molecule has 0 aromatic carbocycles. The zero-order valence-electron chi connectivity index (χ0n) is 31.0. The minimum absolute atomic E-state index is 0.0153. The van der Waals surface area contributed by atoms with E-state index in [-0.39, 0.29) is 24.0 Å². The molecule has 55 heavy (non-hydrogen) atoms. The molecule has 2 saturated carbocycles. The number of nitrogens with one attached hydrogen (secondary N) is 3.